The van der Waals surface area contributed by atoms with Crippen molar-refractivity contribution in [1.82, 2.24) is 0 Å². The molecule has 0 bridgehead atoms. The van der Waals surface area contributed by atoms with E-state index >= 15 is 0 Å². The second kappa shape index (κ2) is 13.5. The third-order valence-corrected chi connectivity index (χ3v) is 16.6. The number of nitrogens with zero attached hydrogens (tertiary/aromatic N) is 1. The van der Waals surface area contributed by atoms with E-state index in [1.807, 2.05) is 6.07 Å². The molecule has 0 aliphatic carbocycles. The summed E-state index contributed by atoms with van der Waals surface area (Å²) in [6.45, 7) is 0. The van der Waals surface area contributed by atoms with Crippen LogP contribution in [0.25, 0.3) is 54.3 Å². The van der Waals surface area contributed by atoms with Crippen molar-refractivity contribution in [2.45, 2.75) is 0 Å². The molecule has 0 N–H and O–H groups in total. The Balaban J connectivity index is 1.18. The van der Waals surface area contributed by atoms with Gasteiger partial charge in [-0.2, -0.15) is 0 Å². The van der Waals surface area contributed by atoms with Gasteiger partial charge in [0.1, 0.15) is 11.2 Å². The molecule has 3 heteroatoms. The summed E-state index contributed by atoms with van der Waals surface area (Å²) in [4.78, 5) is 2.44. The average Bonchev–Trinajstić information content (AvgIpc) is 3.68. The summed E-state index contributed by atoms with van der Waals surface area (Å²) in [5.74, 6) is 0. The van der Waals surface area contributed by atoms with E-state index in [-0.39, 0.29) is 0 Å². The number of para-hydroxylation sites is 1. The molecule has 0 amide bonds. The molecule has 11 aromatic rings. The Morgan fingerprint density at radius 1 is 0.316 bits per heavy atom. The Hall–Kier alpha value is -7.20. The maximum Gasteiger partial charge on any atom is 0.179 e. The molecule has 2 nitrogen and oxygen atoms in total. The fourth-order valence-electron chi connectivity index (χ4n) is 9.20. The molecule has 0 aliphatic rings. The van der Waals surface area contributed by atoms with E-state index in [1.165, 1.54) is 42.3 Å². The normalized spacial score (nSPS) is 11.9. The third kappa shape index (κ3) is 5.31. The summed E-state index contributed by atoms with van der Waals surface area (Å²) in [5.41, 5.74) is 5.11. The number of rotatable bonds is 7. The van der Waals surface area contributed by atoms with Gasteiger partial charge in [-0.15, -0.1) is 0 Å². The summed E-state index contributed by atoms with van der Waals surface area (Å²) in [6, 6.07) is 82.3. The Morgan fingerprint density at radius 3 is 1.49 bits per heavy atom. The lowest BCUT2D eigenvalue weighted by molar-refractivity contribution is 0.672. The molecule has 0 unspecified atom stereocenters. The van der Waals surface area contributed by atoms with E-state index < -0.39 is 8.07 Å². The van der Waals surface area contributed by atoms with Gasteiger partial charge in [-0.3, -0.25) is 0 Å². The predicted molar refractivity (Wildman–Crippen MR) is 245 cm³/mol. The molecule has 1 heterocycles. The smallest absolute Gasteiger partial charge is 0.179 e. The highest BCUT2D eigenvalue weighted by Crippen LogP contribution is 2.44. The summed E-state index contributed by atoms with van der Waals surface area (Å²) in [5, 5.41) is 14.8. The van der Waals surface area contributed by atoms with Gasteiger partial charge in [-0.25, -0.2) is 0 Å². The van der Waals surface area contributed by atoms with Crippen LogP contribution in [0.4, 0.5) is 17.1 Å². The molecule has 268 valence electrons. The average molecular weight is 744 g/mol. The minimum atomic E-state index is -2.71. The van der Waals surface area contributed by atoms with E-state index in [0.717, 1.165) is 49.8 Å². The molecule has 0 aliphatic heterocycles. The van der Waals surface area contributed by atoms with Gasteiger partial charge in [-0.05, 0) is 84.8 Å². The first-order chi connectivity index (χ1) is 28.3. The first-order valence-corrected chi connectivity index (χ1v) is 21.6. The van der Waals surface area contributed by atoms with Gasteiger partial charge in [0.05, 0.1) is 5.69 Å². The maximum atomic E-state index is 6.61. The van der Waals surface area contributed by atoms with Crippen LogP contribution in [-0.4, -0.2) is 8.07 Å². The van der Waals surface area contributed by atoms with Crippen molar-refractivity contribution < 1.29 is 4.42 Å². The first-order valence-electron chi connectivity index (χ1n) is 19.6. The number of fused-ring (bicyclic) bond motifs is 8. The summed E-state index contributed by atoms with van der Waals surface area (Å²) < 4.78 is 6.61. The van der Waals surface area contributed by atoms with Crippen LogP contribution >= 0.6 is 0 Å². The fraction of sp³-hybridized carbons (Fsp3) is 0. The number of anilines is 3. The monoisotopic (exact) mass is 743 g/mol. The van der Waals surface area contributed by atoms with E-state index in [4.69, 9.17) is 4.42 Å². The standard InChI is InChI=1S/C54H37NOSi/c1-4-17-42(18-5-1)57(43-19-6-2-7-20-43,44-21-8-3-9-22-44)45-33-31-40(32-34-45)55(52-36-39-16-10-11-23-46(39)47-24-12-13-25-48(47)52)41-30-28-38-29-35-50-49-26-14-15-27-53(49)56-54(50)51(38)37-41/h1-37H. The molecule has 0 radical (unpaired) electrons. The van der Waals surface area contributed by atoms with Crippen LogP contribution in [0.2, 0.25) is 0 Å². The fourth-order valence-corrected chi connectivity index (χ4v) is 13.9. The lowest BCUT2D eigenvalue weighted by Gasteiger charge is -2.35. The molecular weight excluding hydrogens is 707 g/mol. The SMILES string of the molecule is c1ccc([Si](c2ccccc2)(c2ccccc2)c2ccc(N(c3ccc4ccc5c6ccccc6oc5c4c3)c3cc4ccccc4c4ccccc34)cc2)cc1. The van der Waals surface area contributed by atoms with Gasteiger partial charge >= 0.3 is 0 Å². The zero-order chi connectivity index (χ0) is 37.8. The van der Waals surface area contributed by atoms with Crippen LogP contribution in [0.15, 0.2) is 229 Å². The largest absolute Gasteiger partial charge is 0.455 e. The summed E-state index contributed by atoms with van der Waals surface area (Å²) >= 11 is 0. The van der Waals surface area contributed by atoms with Crippen LogP contribution in [0.5, 0.6) is 0 Å². The molecular formula is C54H37NOSi. The molecule has 11 rings (SSSR count). The Kier molecular flexibility index (Phi) is 7.87. The van der Waals surface area contributed by atoms with Crippen molar-refractivity contribution in [3.8, 4) is 0 Å². The zero-order valence-electron chi connectivity index (χ0n) is 31.2. The quantitative estimate of drug-likeness (QED) is 0.0918. The molecule has 0 saturated carbocycles. The van der Waals surface area contributed by atoms with Gasteiger partial charge in [0.25, 0.3) is 0 Å². The molecule has 0 fully saturated rings. The van der Waals surface area contributed by atoms with E-state index in [9.17, 15) is 0 Å². The molecule has 0 spiro atoms. The second-order valence-electron chi connectivity index (χ2n) is 14.8. The van der Waals surface area contributed by atoms with Crippen molar-refractivity contribution in [2.24, 2.45) is 0 Å². The lowest BCUT2D eigenvalue weighted by Crippen LogP contribution is -2.74. The van der Waals surface area contributed by atoms with Gasteiger partial charge in [-0.1, -0.05) is 182 Å². The number of furan rings is 1. The summed E-state index contributed by atoms with van der Waals surface area (Å²) in [6.07, 6.45) is 0. The van der Waals surface area contributed by atoms with Crippen molar-refractivity contribution in [2.75, 3.05) is 4.90 Å². The van der Waals surface area contributed by atoms with Crippen LogP contribution in [0, 0.1) is 0 Å². The number of benzene rings is 10. The molecule has 10 aromatic carbocycles. The van der Waals surface area contributed by atoms with Gasteiger partial charge < -0.3 is 9.32 Å². The van der Waals surface area contributed by atoms with Crippen molar-refractivity contribution in [3.63, 3.8) is 0 Å². The van der Waals surface area contributed by atoms with Crippen molar-refractivity contribution in [1.29, 1.82) is 0 Å². The van der Waals surface area contributed by atoms with Gasteiger partial charge in [0.2, 0.25) is 0 Å². The highest BCUT2D eigenvalue weighted by atomic mass is 28.3. The van der Waals surface area contributed by atoms with Crippen LogP contribution in [-0.2, 0) is 0 Å². The van der Waals surface area contributed by atoms with E-state index in [2.05, 4.69) is 223 Å². The van der Waals surface area contributed by atoms with Crippen molar-refractivity contribution in [3.05, 3.63) is 224 Å². The molecule has 0 atom stereocenters. The Morgan fingerprint density at radius 2 is 0.825 bits per heavy atom. The van der Waals surface area contributed by atoms with Crippen LogP contribution in [0.1, 0.15) is 0 Å². The topological polar surface area (TPSA) is 16.4 Å². The second-order valence-corrected chi connectivity index (χ2v) is 18.6. The molecule has 57 heavy (non-hydrogen) atoms. The number of hydrogen-bond acceptors (Lipinski definition) is 2. The van der Waals surface area contributed by atoms with Crippen molar-refractivity contribution >= 4 is 100 Å². The zero-order valence-corrected chi connectivity index (χ0v) is 32.2. The molecule has 1 aromatic heterocycles. The Labute approximate surface area is 332 Å². The molecule has 0 saturated heterocycles. The Bertz CT molecular complexity index is 3130. The number of hydrogen-bond donors (Lipinski definition) is 0. The van der Waals surface area contributed by atoms with Gasteiger partial charge in [0, 0.05) is 32.9 Å². The lowest BCUT2D eigenvalue weighted by atomic mass is 9.98. The minimum Gasteiger partial charge on any atom is -0.455 e. The van der Waals surface area contributed by atoms with E-state index in [0.29, 0.717) is 0 Å². The van der Waals surface area contributed by atoms with Gasteiger partial charge in [0.15, 0.2) is 8.07 Å². The predicted octanol–water partition coefficient (Wildman–Crippen LogP) is 11.9. The third-order valence-electron chi connectivity index (χ3n) is 11.8. The first kappa shape index (κ1) is 33.2. The maximum absolute atomic E-state index is 6.61. The van der Waals surface area contributed by atoms with Crippen LogP contribution < -0.4 is 25.6 Å². The van der Waals surface area contributed by atoms with Crippen LogP contribution in [0.3, 0.4) is 0 Å². The highest BCUT2D eigenvalue weighted by Gasteiger charge is 2.41. The highest BCUT2D eigenvalue weighted by molar-refractivity contribution is 7.19. The minimum absolute atomic E-state index is 0.904. The summed E-state index contributed by atoms with van der Waals surface area (Å²) in [7, 11) is -2.71. The van der Waals surface area contributed by atoms with E-state index in [1.54, 1.807) is 0 Å².